The number of urea groups is 1. The third kappa shape index (κ3) is 3.27. The van der Waals surface area contributed by atoms with Gasteiger partial charge in [-0.3, -0.25) is 14.9 Å². The topological polar surface area (TPSA) is 66.5 Å². The minimum absolute atomic E-state index is 0.0426. The third-order valence-corrected chi connectivity index (χ3v) is 5.01. The smallest absolute Gasteiger partial charge is 0.273 e. The Morgan fingerprint density at radius 1 is 1.19 bits per heavy atom. The van der Waals surface area contributed by atoms with Gasteiger partial charge in [0.2, 0.25) is 0 Å². The Kier molecular flexibility index (Phi) is 4.93. The molecule has 1 N–H and O–H groups in total. The number of hydrogen-bond acceptors (Lipinski definition) is 3. The van der Waals surface area contributed by atoms with Crippen LogP contribution in [0.2, 0.25) is 5.02 Å². The second kappa shape index (κ2) is 7.01. The summed E-state index contributed by atoms with van der Waals surface area (Å²) in [5.41, 5.74) is 0.583. The zero-order valence-electron chi connectivity index (χ0n) is 13.3. The molecule has 1 saturated heterocycles. The number of hydrogen-bond donors (Lipinski definition) is 1. The molecule has 0 bridgehead atoms. The number of imide groups is 2. The lowest BCUT2D eigenvalue weighted by Gasteiger charge is -2.26. The molecule has 2 aromatic carbocycles. The van der Waals surface area contributed by atoms with Crippen LogP contribution in [0.4, 0.5) is 14.9 Å². The summed E-state index contributed by atoms with van der Waals surface area (Å²) in [4.78, 5) is 37.9. The highest BCUT2D eigenvalue weighted by Crippen LogP contribution is 2.28. The van der Waals surface area contributed by atoms with E-state index in [0.29, 0.717) is 0 Å². The summed E-state index contributed by atoms with van der Waals surface area (Å²) >= 11 is 9.29. The third-order valence-electron chi connectivity index (χ3n) is 3.79. The molecule has 4 amide bonds. The van der Waals surface area contributed by atoms with Crippen LogP contribution in [-0.2, 0) is 9.59 Å². The largest absolute Gasteiger partial charge is 0.335 e. The summed E-state index contributed by atoms with van der Waals surface area (Å²) in [5.74, 6) is -2.46. The van der Waals surface area contributed by atoms with Crippen molar-refractivity contribution in [2.45, 2.75) is 6.92 Å². The van der Waals surface area contributed by atoms with Crippen molar-refractivity contribution in [1.29, 1.82) is 0 Å². The van der Waals surface area contributed by atoms with E-state index in [0.717, 1.165) is 27.1 Å². The number of benzene rings is 2. The van der Waals surface area contributed by atoms with Crippen molar-refractivity contribution in [3.05, 3.63) is 68.4 Å². The number of nitrogens with zero attached hydrogens (tertiary/aromatic N) is 1. The van der Waals surface area contributed by atoms with Gasteiger partial charge in [-0.2, -0.15) is 0 Å². The number of carbonyl (C=O) groups is 3. The molecule has 8 heteroatoms. The Labute approximate surface area is 161 Å². The Morgan fingerprint density at radius 2 is 1.92 bits per heavy atom. The molecule has 1 heterocycles. The average Bonchev–Trinajstić information content (AvgIpc) is 2.56. The van der Waals surface area contributed by atoms with E-state index in [4.69, 9.17) is 11.6 Å². The van der Waals surface area contributed by atoms with Crippen LogP contribution in [0.5, 0.6) is 0 Å². The number of nitrogens with one attached hydrogen (secondary N) is 1. The lowest BCUT2D eigenvalue weighted by atomic mass is 10.1. The predicted molar refractivity (Wildman–Crippen MR) is 99.3 cm³/mol. The fraction of sp³-hybridized carbons (Fsp3) is 0.0556. The van der Waals surface area contributed by atoms with Crippen molar-refractivity contribution in [2.75, 3.05) is 4.90 Å². The van der Waals surface area contributed by atoms with Gasteiger partial charge in [0.25, 0.3) is 11.8 Å². The van der Waals surface area contributed by atoms with E-state index in [1.807, 2.05) is 0 Å². The quantitative estimate of drug-likeness (QED) is 0.565. The van der Waals surface area contributed by atoms with Gasteiger partial charge in [0, 0.05) is 10.0 Å². The van der Waals surface area contributed by atoms with E-state index in [1.165, 1.54) is 12.1 Å². The lowest BCUT2D eigenvalue weighted by molar-refractivity contribution is -0.122. The fourth-order valence-electron chi connectivity index (χ4n) is 2.45. The van der Waals surface area contributed by atoms with E-state index in [9.17, 15) is 18.8 Å². The van der Waals surface area contributed by atoms with Gasteiger partial charge in [-0.15, -0.1) is 0 Å². The van der Waals surface area contributed by atoms with Crippen LogP contribution in [0.15, 0.2) is 46.4 Å². The lowest BCUT2D eigenvalue weighted by Crippen LogP contribution is -2.54. The van der Waals surface area contributed by atoms with Crippen LogP contribution in [0.3, 0.4) is 0 Å². The molecule has 0 aromatic heterocycles. The van der Waals surface area contributed by atoms with Crippen LogP contribution in [0.25, 0.3) is 6.08 Å². The van der Waals surface area contributed by atoms with Crippen molar-refractivity contribution >= 4 is 57.1 Å². The van der Waals surface area contributed by atoms with E-state index in [1.54, 1.807) is 25.1 Å². The van der Waals surface area contributed by atoms with E-state index in [2.05, 4.69) is 21.2 Å². The van der Waals surface area contributed by atoms with E-state index in [-0.39, 0.29) is 16.3 Å². The molecule has 0 unspecified atom stereocenters. The molecule has 0 spiro atoms. The second-order valence-corrected chi connectivity index (χ2v) is 6.79. The maximum Gasteiger partial charge on any atom is 0.335 e. The average molecular weight is 438 g/mol. The highest BCUT2D eigenvalue weighted by molar-refractivity contribution is 9.10. The van der Waals surface area contributed by atoms with Crippen molar-refractivity contribution in [3.8, 4) is 0 Å². The number of halogens is 3. The van der Waals surface area contributed by atoms with Gasteiger partial charge in [0.1, 0.15) is 11.4 Å². The summed E-state index contributed by atoms with van der Waals surface area (Å²) in [6.07, 6.45) is 1.04. The summed E-state index contributed by atoms with van der Waals surface area (Å²) in [6.45, 7) is 1.79. The maximum atomic E-state index is 14.0. The molecule has 3 rings (SSSR count). The molecule has 26 heavy (non-hydrogen) atoms. The van der Waals surface area contributed by atoms with Crippen LogP contribution in [0, 0.1) is 12.7 Å². The predicted octanol–water partition coefficient (Wildman–Crippen LogP) is 4.22. The van der Waals surface area contributed by atoms with Crippen LogP contribution >= 0.6 is 27.5 Å². The number of anilines is 1. The van der Waals surface area contributed by atoms with Crippen molar-refractivity contribution < 1.29 is 18.8 Å². The standard InChI is InChI=1S/C18H11BrClFN2O3/c1-9-7-10(5-6-13(9)19)23-17(25)12(16(24)22-18(23)26)8-11-14(20)3-2-4-15(11)21/h2-8H,1H3,(H,22,24,26)/b12-8+. The first-order valence-corrected chi connectivity index (χ1v) is 8.58. The van der Waals surface area contributed by atoms with Crippen LogP contribution in [-0.4, -0.2) is 17.8 Å². The first-order chi connectivity index (χ1) is 12.3. The van der Waals surface area contributed by atoms with Gasteiger partial charge in [-0.1, -0.05) is 33.6 Å². The second-order valence-electron chi connectivity index (χ2n) is 5.53. The summed E-state index contributed by atoms with van der Waals surface area (Å²) in [7, 11) is 0. The van der Waals surface area contributed by atoms with E-state index < -0.39 is 29.2 Å². The van der Waals surface area contributed by atoms with Crippen LogP contribution in [0.1, 0.15) is 11.1 Å². The maximum absolute atomic E-state index is 14.0. The molecule has 1 aliphatic heterocycles. The Balaban J connectivity index is 2.09. The molecule has 0 radical (unpaired) electrons. The minimum atomic E-state index is -0.913. The summed E-state index contributed by atoms with van der Waals surface area (Å²) in [6, 6.07) is 7.97. The highest BCUT2D eigenvalue weighted by atomic mass is 79.9. The summed E-state index contributed by atoms with van der Waals surface area (Å²) in [5, 5.41) is 2.13. The normalized spacial score (nSPS) is 16.2. The molecule has 1 fully saturated rings. The van der Waals surface area contributed by atoms with Crippen molar-refractivity contribution in [1.82, 2.24) is 5.32 Å². The number of amides is 4. The molecule has 132 valence electrons. The molecule has 1 aliphatic rings. The number of carbonyl (C=O) groups excluding carboxylic acids is 3. The van der Waals surface area contributed by atoms with Crippen molar-refractivity contribution in [2.24, 2.45) is 0 Å². The first-order valence-electron chi connectivity index (χ1n) is 7.41. The van der Waals surface area contributed by atoms with Crippen molar-refractivity contribution in [3.63, 3.8) is 0 Å². The van der Waals surface area contributed by atoms with Gasteiger partial charge >= 0.3 is 6.03 Å². The highest BCUT2D eigenvalue weighted by Gasteiger charge is 2.37. The molecular weight excluding hydrogens is 427 g/mol. The first kappa shape index (κ1) is 18.3. The van der Waals surface area contributed by atoms with Crippen LogP contribution < -0.4 is 10.2 Å². The molecule has 0 saturated carbocycles. The molecule has 0 aliphatic carbocycles. The monoisotopic (exact) mass is 436 g/mol. The Bertz CT molecular complexity index is 970. The SMILES string of the molecule is Cc1cc(N2C(=O)NC(=O)/C(=C\c3c(F)cccc3Cl)C2=O)ccc1Br. The number of barbiturate groups is 1. The van der Waals surface area contributed by atoms with E-state index >= 15 is 0 Å². The Hall–Kier alpha value is -2.51. The molecule has 5 nitrogen and oxygen atoms in total. The zero-order chi connectivity index (χ0) is 19.0. The number of rotatable bonds is 2. The van der Waals surface area contributed by atoms with Gasteiger partial charge < -0.3 is 0 Å². The molecular formula is C18H11BrClFN2O3. The summed E-state index contributed by atoms with van der Waals surface area (Å²) < 4.78 is 14.8. The molecule has 2 aromatic rings. The van der Waals surface area contributed by atoms with Gasteiger partial charge in [-0.05, 0) is 48.9 Å². The number of aryl methyl sites for hydroxylation is 1. The van der Waals surface area contributed by atoms with Gasteiger partial charge in [0.15, 0.2) is 0 Å². The Morgan fingerprint density at radius 3 is 2.58 bits per heavy atom. The fourth-order valence-corrected chi connectivity index (χ4v) is 2.92. The van der Waals surface area contributed by atoms with Gasteiger partial charge in [0.05, 0.1) is 10.7 Å². The molecule has 0 atom stereocenters. The zero-order valence-corrected chi connectivity index (χ0v) is 15.7. The van der Waals surface area contributed by atoms with Gasteiger partial charge in [-0.25, -0.2) is 14.1 Å². The minimum Gasteiger partial charge on any atom is -0.273 e.